The summed E-state index contributed by atoms with van der Waals surface area (Å²) in [4.78, 5) is 8.88. The molecule has 0 spiro atoms. The maximum atomic E-state index is 9.30. The lowest BCUT2D eigenvalue weighted by molar-refractivity contribution is 0.383. The van der Waals surface area contributed by atoms with Crippen LogP contribution in [0.3, 0.4) is 0 Å². The molecule has 7 nitrogen and oxygen atoms in total. The van der Waals surface area contributed by atoms with E-state index in [9.17, 15) is 5.26 Å². The molecule has 0 amide bonds. The summed E-state index contributed by atoms with van der Waals surface area (Å²) in [7, 11) is 3.33. The zero-order chi connectivity index (χ0) is 18.8. The van der Waals surface area contributed by atoms with E-state index >= 15 is 0 Å². The predicted octanol–water partition coefficient (Wildman–Crippen LogP) is 3.48. The highest BCUT2D eigenvalue weighted by atomic mass is 16.5. The summed E-state index contributed by atoms with van der Waals surface area (Å²) in [6, 6.07) is 3.86. The Hall–Kier alpha value is -3.08. The van der Waals surface area contributed by atoms with Crippen molar-refractivity contribution in [1.82, 2.24) is 14.6 Å². The number of aromatic nitrogens is 3. The smallest absolute Gasteiger partial charge is 0.268 e. The molecule has 0 aromatic carbocycles. The standard InChI is InChI=1S/C19H20BN5O2/c1-22-9-15-6-14(11-27-15)16-10-23-25-18(26-2)7-17(24-19(16)25)13-4-3-5-20(8-13)12-21/h6-7,9-11,13H,3-5,8H2,1-2H3. The van der Waals surface area contributed by atoms with Crippen LogP contribution < -0.4 is 4.74 Å². The summed E-state index contributed by atoms with van der Waals surface area (Å²) in [5, 5.41) is 13.7. The fourth-order valence-electron chi connectivity index (χ4n) is 3.78. The van der Waals surface area contributed by atoms with Gasteiger partial charge >= 0.3 is 0 Å². The van der Waals surface area contributed by atoms with Crippen LogP contribution in [0.1, 0.15) is 30.2 Å². The normalized spacial score (nSPS) is 17.5. The molecular weight excluding hydrogens is 341 g/mol. The van der Waals surface area contributed by atoms with Crippen molar-refractivity contribution in [3.8, 4) is 23.0 Å². The van der Waals surface area contributed by atoms with Gasteiger partial charge < -0.3 is 9.15 Å². The van der Waals surface area contributed by atoms with Crippen molar-refractivity contribution in [2.24, 2.45) is 4.99 Å². The Balaban J connectivity index is 1.79. The van der Waals surface area contributed by atoms with Gasteiger partial charge in [-0.1, -0.05) is 19.1 Å². The average Bonchev–Trinajstić information content (AvgIpc) is 3.34. The number of nitriles is 1. The highest BCUT2D eigenvalue weighted by molar-refractivity contribution is 6.67. The van der Waals surface area contributed by atoms with E-state index in [0.29, 0.717) is 11.6 Å². The van der Waals surface area contributed by atoms with Gasteiger partial charge in [-0.05, 0) is 18.4 Å². The Morgan fingerprint density at radius 2 is 2.37 bits per heavy atom. The highest BCUT2D eigenvalue weighted by Crippen LogP contribution is 2.35. The van der Waals surface area contributed by atoms with Gasteiger partial charge in [-0.2, -0.15) is 9.61 Å². The zero-order valence-corrected chi connectivity index (χ0v) is 15.4. The Morgan fingerprint density at radius 1 is 1.48 bits per heavy atom. The van der Waals surface area contributed by atoms with Crippen molar-refractivity contribution in [2.45, 2.75) is 31.4 Å². The molecule has 1 aliphatic rings. The molecule has 1 fully saturated rings. The minimum absolute atomic E-state index is 0.0990. The second kappa shape index (κ2) is 7.27. The molecule has 0 aliphatic carbocycles. The number of aliphatic imine (C=N–C) groups is 1. The molecule has 8 heteroatoms. The van der Waals surface area contributed by atoms with Gasteiger partial charge in [0.05, 0.1) is 31.5 Å². The van der Waals surface area contributed by atoms with Crippen LogP contribution in [0.25, 0.3) is 16.8 Å². The van der Waals surface area contributed by atoms with Crippen molar-refractivity contribution in [3.05, 3.63) is 36.0 Å². The van der Waals surface area contributed by atoms with Crippen molar-refractivity contribution in [1.29, 1.82) is 5.26 Å². The van der Waals surface area contributed by atoms with Crippen LogP contribution in [-0.4, -0.2) is 41.7 Å². The van der Waals surface area contributed by atoms with Gasteiger partial charge in [0.1, 0.15) is 5.76 Å². The summed E-state index contributed by atoms with van der Waals surface area (Å²) in [6.07, 6.45) is 9.02. The molecule has 1 atom stereocenters. The van der Waals surface area contributed by atoms with E-state index in [1.54, 1.807) is 37.3 Å². The second-order valence-electron chi connectivity index (χ2n) is 6.83. The third-order valence-electron chi connectivity index (χ3n) is 5.13. The Morgan fingerprint density at radius 3 is 3.15 bits per heavy atom. The number of hydrogen-bond donors (Lipinski definition) is 0. The summed E-state index contributed by atoms with van der Waals surface area (Å²) in [5.74, 6) is 3.99. The third-order valence-corrected chi connectivity index (χ3v) is 5.13. The van der Waals surface area contributed by atoms with Gasteiger partial charge in [-0.25, -0.2) is 10.2 Å². The topological polar surface area (TPSA) is 88.7 Å². The lowest BCUT2D eigenvalue weighted by Crippen LogP contribution is -2.21. The number of ether oxygens (including phenoxy) is 1. The van der Waals surface area contributed by atoms with E-state index in [2.05, 4.69) is 16.1 Å². The molecule has 0 saturated carbocycles. The Bertz CT molecular complexity index is 1030. The number of nitrogens with zero attached hydrogens (tertiary/aromatic N) is 5. The largest absolute Gasteiger partial charge is 0.481 e. The van der Waals surface area contributed by atoms with Gasteiger partial charge in [-0.15, -0.1) is 0 Å². The van der Waals surface area contributed by atoms with Crippen molar-refractivity contribution >= 4 is 18.6 Å². The first-order valence-electron chi connectivity index (χ1n) is 9.06. The fraction of sp³-hybridized carbons (Fsp3) is 0.368. The van der Waals surface area contributed by atoms with Crippen LogP contribution in [0, 0.1) is 11.2 Å². The third kappa shape index (κ3) is 3.21. The first kappa shape index (κ1) is 17.3. The molecule has 0 N–H and O–H groups in total. The predicted molar refractivity (Wildman–Crippen MR) is 104 cm³/mol. The van der Waals surface area contributed by atoms with Crippen LogP contribution in [0.2, 0.25) is 12.6 Å². The molecule has 0 bridgehead atoms. The van der Waals surface area contributed by atoms with Crippen molar-refractivity contribution in [3.63, 3.8) is 0 Å². The maximum Gasteiger partial charge on any atom is 0.268 e. The van der Waals surface area contributed by atoms with Gasteiger partial charge in [0.15, 0.2) is 5.65 Å². The number of rotatable bonds is 4. The molecule has 1 saturated heterocycles. The van der Waals surface area contributed by atoms with Gasteiger partial charge in [0, 0.05) is 30.2 Å². The van der Waals surface area contributed by atoms with E-state index in [-0.39, 0.29) is 12.6 Å². The van der Waals surface area contributed by atoms with E-state index in [1.807, 2.05) is 12.1 Å². The number of furan rings is 1. The lowest BCUT2D eigenvalue weighted by atomic mass is 9.41. The Labute approximate surface area is 157 Å². The monoisotopic (exact) mass is 361 g/mol. The molecule has 136 valence electrons. The molecule has 3 aromatic heterocycles. The molecule has 4 heterocycles. The average molecular weight is 361 g/mol. The number of fused-ring (bicyclic) bond motifs is 1. The molecule has 4 rings (SSSR count). The SMILES string of the molecule is CN=Cc1cc(-c2cnn3c(OC)cc(C4CCCB(C#N)C4)nc23)co1. The summed E-state index contributed by atoms with van der Waals surface area (Å²) in [5.41, 5.74) is 3.46. The van der Waals surface area contributed by atoms with Crippen molar-refractivity contribution < 1.29 is 9.15 Å². The summed E-state index contributed by atoms with van der Waals surface area (Å²) < 4.78 is 12.8. The molecule has 3 aromatic rings. The molecule has 1 unspecified atom stereocenters. The van der Waals surface area contributed by atoms with E-state index in [4.69, 9.17) is 14.1 Å². The van der Waals surface area contributed by atoms with Crippen LogP contribution >= 0.6 is 0 Å². The number of methoxy groups -OCH3 is 1. The van der Waals surface area contributed by atoms with Crippen molar-refractivity contribution in [2.75, 3.05) is 14.2 Å². The minimum Gasteiger partial charge on any atom is -0.481 e. The molecule has 27 heavy (non-hydrogen) atoms. The molecule has 1 aliphatic heterocycles. The highest BCUT2D eigenvalue weighted by Gasteiger charge is 2.28. The van der Waals surface area contributed by atoms with Gasteiger partial charge in [-0.3, -0.25) is 4.99 Å². The molecule has 0 radical (unpaired) electrons. The van der Waals surface area contributed by atoms with E-state index < -0.39 is 0 Å². The first-order valence-corrected chi connectivity index (χ1v) is 9.06. The summed E-state index contributed by atoms with van der Waals surface area (Å²) >= 11 is 0. The van der Waals surface area contributed by atoms with E-state index in [1.165, 1.54) is 0 Å². The first-order chi connectivity index (χ1) is 13.2. The van der Waals surface area contributed by atoms with Crippen LogP contribution in [0.4, 0.5) is 0 Å². The maximum absolute atomic E-state index is 9.30. The van der Waals surface area contributed by atoms with Gasteiger partial charge in [0.25, 0.3) is 6.71 Å². The quantitative estimate of drug-likeness (QED) is 0.524. The summed E-state index contributed by atoms with van der Waals surface area (Å²) in [6.45, 7) is 0.0990. The van der Waals surface area contributed by atoms with Crippen LogP contribution in [-0.2, 0) is 0 Å². The Kier molecular flexibility index (Phi) is 4.67. The van der Waals surface area contributed by atoms with Crippen LogP contribution in [0.15, 0.2) is 34.0 Å². The molecular formula is C19H20BN5O2. The van der Waals surface area contributed by atoms with E-state index in [0.717, 1.165) is 47.9 Å². The fourth-order valence-corrected chi connectivity index (χ4v) is 3.78. The zero-order valence-electron chi connectivity index (χ0n) is 15.4. The van der Waals surface area contributed by atoms with Gasteiger partial charge in [0.2, 0.25) is 5.88 Å². The minimum atomic E-state index is 0.0990. The second-order valence-corrected chi connectivity index (χ2v) is 6.83. The number of hydrogen-bond acceptors (Lipinski definition) is 6. The lowest BCUT2D eigenvalue weighted by Gasteiger charge is -2.23. The van der Waals surface area contributed by atoms with Crippen LogP contribution in [0.5, 0.6) is 5.88 Å².